The zero-order valence-corrected chi connectivity index (χ0v) is 13.6. The van der Waals surface area contributed by atoms with Gasteiger partial charge in [-0.15, -0.1) is 0 Å². The lowest BCUT2D eigenvalue weighted by molar-refractivity contribution is -0.0566. The highest BCUT2D eigenvalue weighted by Gasteiger charge is 2.23. The molecular formula is C16H27N3O2. The molecule has 0 amide bonds. The summed E-state index contributed by atoms with van der Waals surface area (Å²) < 4.78 is 11.8. The van der Waals surface area contributed by atoms with Crippen LogP contribution >= 0.6 is 0 Å². The molecule has 1 saturated heterocycles. The number of aryl methyl sites for hydroxylation is 1. The van der Waals surface area contributed by atoms with Crippen molar-refractivity contribution < 1.29 is 9.47 Å². The van der Waals surface area contributed by atoms with Crippen LogP contribution in [0.2, 0.25) is 0 Å². The largest absolute Gasteiger partial charge is 0.489 e. The van der Waals surface area contributed by atoms with Crippen LogP contribution in [0.3, 0.4) is 0 Å². The van der Waals surface area contributed by atoms with Crippen molar-refractivity contribution in [3.05, 3.63) is 23.5 Å². The average molecular weight is 293 g/mol. The normalized spacial score (nSPS) is 20.0. The third kappa shape index (κ3) is 4.66. The number of hydrogen-bond acceptors (Lipinski definition) is 5. The van der Waals surface area contributed by atoms with E-state index in [1.165, 1.54) is 0 Å². The Hall–Kier alpha value is -1.17. The van der Waals surface area contributed by atoms with Gasteiger partial charge in [0.05, 0.1) is 12.3 Å². The number of hydrogen-bond donors (Lipinski definition) is 1. The molecule has 118 valence electrons. The van der Waals surface area contributed by atoms with Gasteiger partial charge in [0.2, 0.25) is 0 Å². The highest BCUT2D eigenvalue weighted by atomic mass is 16.5. The Labute approximate surface area is 127 Å². The van der Waals surface area contributed by atoms with Gasteiger partial charge in [0.15, 0.2) is 0 Å². The summed E-state index contributed by atoms with van der Waals surface area (Å²) in [7, 11) is 1.92. The maximum atomic E-state index is 5.96. The fourth-order valence-electron chi connectivity index (χ4n) is 2.52. The molecule has 5 heteroatoms. The molecule has 21 heavy (non-hydrogen) atoms. The molecule has 0 radical (unpaired) electrons. The first-order valence-corrected chi connectivity index (χ1v) is 7.69. The molecule has 1 atom stereocenters. The second-order valence-electron chi connectivity index (χ2n) is 5.82. The van der Waals surface area contributed by atoms with E-state index < -0.39 is 0 Å². The summed E-state index contributed by atoms with van der Waals surface area (Å²) in [4.78, 5) is 6.96. The van der Waals surface area contributed by atoms with E-state index in [2.05, 4.69) is 29.0 Å². The van der Waals surface area contributed by atoms with E-state index >= 15 is 0 Å². The highest BCUT2D eigenvalue weighted by molar-refractivity contribution is 5.29. The molecule has 0 aromatic carbocycles. The fourth-order valence-corrected chi connectivity index (χ4v) is 2.52. The molecule has 1 aromatic rings. The number of nitrogens with zero attached hydrogens (tertiary/aromatic N) is 2. The zero-order chi connectivity index (χ0) is 15.2. The molecule has 1 N–H and O–H groups in total. The minimum atomic E-state index is 0.130. The molecule has 0 aliphatic carbocycles. The van der Waals surface area contributed by atoms with Gasteiger partial charge in [-0.05, 0) is 40.0 Å². The smallest absolute Gasteiger partial charge is 0.142 e. The van der Waals surface area contributed by atoms with E-state index in [1.54, 1.807) is 0 Å². The van der Waals surface area contributed by atoms with Gasteiger partial charge in [-0.1, -0.05) is 0 Å². The van der Waals surface area contributed by atoms with Gasteiger partial charge < -0.3 is 14.8 Å². The van der Waals surface area contributed by atoms with Crippen molar-refractivity contribution >= 4 is 0 Å². The van der Waals surface area contributed by atoms with Crippen LogP contribution in [0.1, 0.15) is 25.2 Å². The van der Waals surface area contributed by atoms with E-state index in [1.807, 2.05) is 26.1 Å². The summed E-state index contributed by atoms with van der Waals surface area (Å²) in [6.07, 6.45) is 0.130. The van der Waals surface area contributed by atoms with Gasteiger partial charge in [-0.3, -0.25) is 9.88 Å². The Morgan fingerprint density at radius 1 is 1.48 bits per heavy atom. The molecule has 5 nitrogen and oxygen atoms in total. The van der Waals surface area contributed by atoms with Crippen molar-refractivity contribution in [3.63, 3.8) is 0 Å². The van der Waals surface area contributed by atoms with Gasteiger partial charge >= 0.3 is 0 Å². The second-order valence-corrected chi connectivity index (χ2v) is 5.82. The lowest BCUT2D eigenvalue weighted by Gasteiger charge is -2.35. The minimum absolute atomic E-state index is 0.130. The summed E-state index contributed by atoms with van der Waals surface area (Å²) >= 11 is 0. The van der Waals surface area contributed by atoms with Crippen LogP contribution in [0, 0.1) is 6.92 Å². The van der Waals surface area contributed by atoms with E-state index in [0.717, 1.165) is 36.8 Å². The van der Waals surface area contributed by atoms with Crippen molar-refractivity contribution in [3.8, 4) is 5.75 Å². The van der Waals surface area contributed by atoms with Gasteiger partial charge in [0.1, 0.15) is 18.5 Å². The SMILES string of the molecule is CNCc1nc(C)ccc1OCC1CN(C(C)C)CCO1. The summed E-state index contributed by atoms with van der Waals surface area (Å²) in [5.74, 6) is 0.847. The Balaban J connectivity index is 1.93. The van der Waals surface area contributed by atoms with Crippen molar-refractivity contribution in [1.82, 2.24) is 15.2 Å². The molecule has 0 saturated carbocycles. The molecule has 1 aromatic heterocycles. The number of aromatic nitrogens is 1. The lowest BCUT2D eigenvalue weighted by atomic mass is 10.2. The Morgan fingerprint density at radius 2 is 2.29 bits per heavy atom. The van der Waals surface area contributed by atoms with Crippen molar-refractivity contribution in [1.29, 1.82) is 0 Å². The van der Waals surface area contributed by atoms with Crippen molar-refractivity contribution in [2.75, 3.05) is 33.4 Å². The number of rotatable bonds is 6. The zero-order valence-electron chi connectivity index (χ0n) is 13.6. The van der Waals surface area contributed by atoms with Gasteiger partial charge in [-0.2, -0.15) is 0 Å². The van der Waals surface area contributed by atoms with Crippen LogP contribution in [0.25, 0.3) is 0 Å². The van der Waals surface area contributed by atoms with Crippen LogP contribution in [0.4, 0.5) is 0 Å². The maximum Gasteiger partial charge on any atom is 0.142 e. The second kappa shape index (κ2) is 7.73. The fraction of sp³-hybridized carbons (Fsp3) is 0.688. The quantitative estimate of drug-likeness (QED) is 0.863. The molecule has 1 aliphatic rings. The molecular weight excluding hydrogens is 266 g/mol. The first kappa shape index (κ1) is 16.2. The number of pyridine rings is 1. The van der Waals surface area contributed by atoms with Crippen molar-refractivity contribution in [2.45, 2.75) is 39.5 Å². The summed E-state index contributed by atoms with van der Waals surface area (Å²) in [5.41, 5.74) is 1.96. The molecule has 0 spiro atoms. The maximum absolute atomic E-state index is 5.96. The van der Waals surface area contributed by atoms with E-state index in [9.17, 15) is 0 Å². The average Bonchev–Trinajstić information content (AvgIpc) is 2.47. The third-order valence-corrected chi connectivity index (χ3v) is 3.74. The van der Waals surface area contributed by atoms with Crippen LogP contribution in [-0.2, 0) is 11.3 Å². The molecule has 2 heterocycles. The van der Waals surface area contributed by atoms with Gasteiger partial charge in [0, 0.05) is 31.4 Å². The Bertz CT molecular complexity index is 451. The topological polar surface area (TPSA) is 46.6 Å². The molecule has 0 bridgehead atoms. The van der Waals surface area contributed by atoms with Gasteiger partial charge in [-0.25, -0.2) is 0 Å². The number of ether oxygens (including phenoxy) is 2. The first-order valence-electron chi connectivity index (χ1n) is 7.69. The Morgan fingerprint density at radius 3 is 3.00 bits per heavy atom. The highest BCUT2D eigenvalue weighted by Crippen LogP contribution is 2.18. The lowest BCUT2D eigenvalue weighted by Crippen LogP contribution is -2.47. The van der Waals surface area contributed by atoms with Crippen LogP contribution in [0.5, 0.6) is 5.75 Å². The minimum Gasteiger partial charge on any atom is -0.489 e. The van der Waals surface area contributed by atoms with E-state index in [4.69, 9.17) is 9.47 Å². The Kier molecular flexibility index (Phi) is 5.96. The standard InChI is InChI=1S/C16H27N3O2/c1-12(2)19-7-8-20-14(10-19)11-21-16-6-5-13(3)18-15(16)9-17-4/h5-6,12,14,17H,7-11H2,1-4H3. The van der Waals surface area contributed by atoms with E-state index in [-0.39, 0.29) is 6.10 Å². The number of morpholine rings is 1. The number of nitrogens with one attached hydrogen (secondary N) is 1. The summed E-state index contributed by atoms with van der Waals surface area (Å²) in [6.45, 7) is 10.4. The molecule has 1 aliphatic heterocycles. The first-order chi connectivity index (χ1) is 10.1. The molecule has 1 unspecified atom stereocenters. The summed E-state index contributed by atoms with van der Waals surface area (Å²) in [5, 5.41) is 3.13. The predicted molar refractivity (Wildman–Crippen MR) is 83.7 cm³/mol. The third-order valence-electron chi connectivity index (χ3n) is 3.74. The van der Waals surface area contributed by atoms with Crippen molar-refractivity contribution in [2.24, 2.45) is 0 Å². The van der Waals surface area contributed by atoms with Crippen LogP contribution in [-0.4, -0.2) is 55.4 Å². The van der Waals surface area contributed by atoms with Crippen LogP contribution < -0.4 is 10.1 Å². The monoisotopic (exact) mass is 293 g/mol. The molecule has 1 fully saturated rings. The van der Waals surface area contributed by atoms with Crippen LogP contribution in [0.15, 0.2) is 12.1 Å². The predicted octanol–water partition coefficient (Wildman–Crippen LogP) is 1.60. The summed E-state index contributed by atoms with van der Waals surface area (Å²) in [6, 6.07) is 4.53. The molecule has 2 rings (SSSR count). The van der Waals surface area contributed by atoms with Gasteiger partial charge in [0.25, 0.3) is 0 Å². The van der Waals surface area contributed by atoms with E-state index in [0.29, 0.717) is 19.2 Å².